The summed E-state index contributed by atoms with van der Waals surface area (Å²) < 4.78 is 37.3. The molecule has 0 spiro atoms. The largest absolute Gasteiger partial charge is 0.433 e. The fourth-order valence-corrected chi connectivity index (χ4v) is 1.56. The minimum absolute atomic E-state index is 0.132. The van der Waals surface area contributed by atoms with Gasteiger partial charge in [0.25, 0.3) is 0 Å². The lowest BCUT2D eigenvalue weighted by atomic mass is 10.2. The Balaban J connectivity index is 2.69. The van der Waals surface area contributed by atoms with E-state index in [-0.39, 0.29) is 5.15 Å². The van der Waals surface area contributed by atoms with E-state index in [1.54, 1.807) is 0 Å². The minimum atomic E-state index is -4.46. The summed E-state index contributed by atoms with van der Waals surface area (Å²) in [5.41, 5.74) is -0.453. The van der Waals surface area contributed by atoms with Gasteiger partial charge in [0.1, 0.15) is 10.8 Å². The van der Waals surface area contributed by atoms with Crippen LogP contribution in [0.5, 0.6) is 0 Å². The first-order valence-corrected chi connectivity index (χ1v) is 5.75. The van der Waals surface area contributed by atoms with Crippen LogP contribution in [-0.4, -0.2) is 11.5 Å². The second kappa shape index (κ2) is 6.21. The fraction of sp³-hybridized carbons (Fsp3) is 0.545. The van der Waals surface area contributed by atoms with E-state index in [1.807, 2.05) is 6.92 Å². The van der Waals surface area contributed by atoms with Crippen molar-refractivity contribution in [3.63, 3.8) is 0 Å². The molecule has 0 saturated carbocycles. The first kappa shape index (κ1) is 14.3. The molecule has 17 heavy (non-hydrogen) atoms. The number of rotatable bonds is 5. The lowest BCUT2D eigenvalue weighted by Gasteiger charge is -2.09. The number of alkyl halides is 3. The standard InChI is InChI=1S/C11H14ClF3N2/c1-2-3-4-16-7-8-5-9(11(13,14)15)17-10(12)6-8/h5-6,16H,2-4,7H2,1H3. The SMILES string of the molecule is CCCCNCc1cc(Cl)nc(C(F)(F)F)c1. The van der Waals surface area contributed by atoms with Gasteiger partial charge in [0.15, 0.2) is 0 Å². The maximum Gasteiger partial charge on any atom is 0.433 e. The maximum absolute atomic E-state index is 12.4. The second-order valence-electron chi connectivity index (χ2n) is 3.71. The predicted octanol–water partition coefficient (Wildman–Crippen LogP) is 3.64. The Morgan fingerprint density at radius 2 is 2.06 bits per heavy atom. The zero-order chi connectivity index (χ0) is 12.9. The molecule has 0 bridgehead atoms. The van der Waals surface area contributed by atoms with Crippen molar-refractivity contribution in [2.24, 2.45) is 0 Å². The van der Waals surface area contributed by atoms with Crippen LogP contribution in [0.2, 0.25) is 5.15 Å². The van der Waals surface area contributed by atoms with Gasteiger partial charge in [0.2, 0.25) is 0 Å². The Bertz CT molecular complexity index is 366. The number of nitrogens with one attached hydrogen (secondary N) is 1. The third kappa shape index (κ3) is 4.91. The molecule has 0 fully saturated rings. The van der Waals surface area contributed by atoms with Crippen molar-refractivity contribution in [1.29, 1.82) is 0 Å². The van der Waals surface area contributed by atoms with E-state index in [1.165, 1.54) is 6.07 Å². The highest BCUT2D eigenvalue weighted by Crippen LogP contribution is 2.29. The Morgan fingerprint density at radius 3 is 2.65 bits per heavy atom. The zero-order valence-electron chi connectivity index (χ0n) is 9.44. The number of nitrogens with zero attached hydrogens (tertiary/aromatic N) is 1. The summed E-state index contributed by atoms with van der Waals surface area (Å²) in [7, 11) is 0. The summed E-state index contributed by atoms with van der Waals surface area (Å²) in [5.74, 6) is 0. The molecule has 1 aromatic heterocycles. The van der Waals surface area contributed by atoms with Gasteiger partial charge in [-0.05, 0) is 30.7 Å². The summed E-state index contributed by atoms with van der Waals surface area (Å²) in [4.78, 5) is 3.26. The van der Waals surface area contributed by atoms with E-state index in [0.29, 0.717) is 12.1 Å². The summed E-state index contributed by atoms with van der Waals surface area (Å²) >= 11 is 5.56. The van der Waals surface area contributed by atoms with Crippen LogP contribution < -0.4 is 5.32 Å². The molecule has 1 rings (SSSR count). The maximum atomic E-state index is 12.4. The van der Waals surface area contributed by atoms with Crippen molar-refractivity contribution in [3.05, 3.63) is 28.5 Å². The quantitative estimate of drug-likeness (QED) is 0.650. The molecule has 0 aliphatic heterocycles. The summed E-state index contributed by atoms with van der Waals surface area (Å²) in [5, 5.41) is 2.92. The highest BCUT2D eigenvalue weighted by Gasteiger charge is 2.33. The molecular weight excluding hydrogens is 253 g/mol. The van der Waals surface area contributed by atoms with E-state index in [9.17, 15) is 13.2 Å². The van der Waals surface area contributed by atoms with Crippen molar-refractivity contribution in [1.82, 2.24) is 10.3 Å². The first-order chi connectivity index (χ1) is 7.93. The van der Waals surface area contributed by atoms with Crippen LogP contribution >= 0.6 is 11.6 Å². The van der Waals surface area contributed by atoms with Gasteiger partial charge in [0.05, 0.1) is 0 Å². The van der Waals surface area contributed by atoms with Crippen LogP contribution in [0, 0.1) is 0 Å². The average Bonchev–Trinajstić information content (AvgIpc) is 2.22. The lowest BCUT2D eigenvalue weighted by Crippen LogP contribution is -2.16. The van der Waals surface area contributed by atoms with Crippen LogP contribution in [-0.2, 0) is 12.7 Å². The van der Waals surface area contributed by atoms with Gasteiger partial charge in [-0.25, -0.2) is 4.98 Å². The van der Waals surface area contributed by atoms with Crippen molar-refractivity contribution >= 4 is 11.6 Å². The summed E-state index contributed by atoms with van der Waals surface area (Å²) in [6.45, 7) is 3.19. The number of hydrogen-bond acceptors (Lipinski definition) is 2. The lowest BCUT2D eigenvalue weighted by molar-refractivity contribution is -0.141. The molecular formula is C11H14ClF3N2. The third-order valence-corrected chi connectivity index (χ3v) is 2.37. The molecule has 0 amide bonds. The molecule has 6 heteroatoms. The predicted molar refractivity (Wildman–Crippen MR) is 60.9 cm³/mol. The Kier molecular flexibility index (Phi) is 5.21. The van der Waals surface area contributed by atoms with Crippen molar-refractivity contribution < 1.29 is 13.2 Å². The van der Waals surface area contributed by atoms with Crippen LogP contribution in [0.1, 0.15) is 31.0 Å². The van der Waals surface area contributed by atoms with Crippen LogP contribution in [0.4, 0.5) is 13.2 Å². The highest BCUT2D eigenvalue weighted by molar-refractivity contribution is 6.29. The molecule has 96 valence electrons. The molecule has 1 aromatic rings. The zero-order valence-corrected chi connectivity index (χ0v) is 10.2. The van der Waals surface area contributed by atoms with Gasteiger partial charge in [-0.3, -0.25) is 0 Å². The van der Waals surface area contributed by atoms with Gasteiger partial charge < -0.3 is 5.32 Å². The van der Waals surface area contributed by atoms with E-state index in [0.717, 1.165) is 25.5 Å². The fourth-order valence-electron chi connectivity index (χ4n) is 1.33. The van der Waals surface area contributed by atoms with Crippen molar-refractivity contribution in [2.75, 3.05) is 6.54 Å². The number of unbranched alkanes of at least 4 members (excludes halogenated alkanes) is 1. The molecule has 2 nitrogen and oxygen atoms in total. The molecule has 0 saturated heterocycles. The normalized spacial score (nSPS) is 11.8. The van der Waals surface area contributed by atoms with Crippen LogP contribution in [0.25, 0.3) is 0 Å². The molecule has 0 aromatic carbocycles. The van der Waals surface area contributed by atoms with Gasteiger partial charge >= 0.3 is 6.18 Å². The van der Waals surface area contributed by atoms with Gasteiger partial charge in [-0.15, -0.1) is 0 Å². The smallest absolute Gasteiger partial charge is 0.313 e. The molecule has 0 unspecified atom stereocenters. The number of hydrogen-bond donors (Lipinski definition) is 1. The topological polar surface area (TPSA) is 24.9 Å². The monoisotopic (exact) mass is 266 g/mol. The average molecular weight is 267 g/mol. The molecule has 1 N–H and O–H groups in total. The van der Waals surface area contributed by atoms with Gasteiger partial charge in [-0.2, -0.15) is 13.2 Å². The van der Waals surface area contributed by atoms with Crippen molar-refractivity contribution in [2.45, 2.75) is 32.5 Å². The van der Waals surface area contributed by atoms with E-state index in [2.05, 4.69) is 10.3 Å². The molecule has 0 radical (unpaired) electrons. The number of aromatic nitrogens is 1. The Morgan fingerprint density at radius 1 is 1.35 bits per heavy atom. The summed E-state index contributed by atoms with van der Waals surface area (Å²) in [6.07, 6.45) is -2.42. The molecule has 0 atom stereocenters. The second-order valence-corrected chi connectivity index (χ2v) is 4.10. The molecule has 0 aliphatic rings. The van der Waals surface area contributed by atoms with E-state index < -0.39 is 11.9 Å². The Hall–Kier alpha value is -0.810. The number of pyridine rings is 1. The Labute approximate surface area is 103 Å². The first-order valence-electron chi connectivity index (χ1n) is 5.38. The molecule has 0 aliphatic carbocycles. The van der Waals surface area contributed by atoms with Crippen LogP contribution in [0.15, 0.2) is 12.1 Å². The highest BCUT2D eigenvalue weighted by atomic mass is 35.5. The van der Waals surface area contributed by atoms with Gasteiger partial charge in [-0.1, -0.05) is 24.9 Å². The third-order valence-electron chi connectivity index (χ3n) is 2.18. The van der Waals surface area contributed by atoms with Gasteiger partial charge in [0, 0.05) is 6.54 Å². The molecule has 1 heterocycles. The van der Waals surface area contributed by atoms with Crippen LogP contribution in [0.3, 0.4) is 0 Å². The number of halogens is 4. The van der Waals surface area contributed by atoms with E-state index >= 15 is 0 Å². The van der Waals surface area contributed by atoms with Crippen molar-refractivity contribution in [3.8, 4) is 0 Å². The van der Waals surface area contributed by atoms with E-state index in [4.69, 9.17) is 11.6 Å². The minimum Gasteiger partial charge on any atom is -0.313 e. The summed E-state index contributed by atoms with van der Waals surface area (Å²) in [6, 6.07) is 2.46.